The number of amides is 1. The van der Waals surface area contributed by atoms with Crippen LogP contribution in [0.25, 0.3) is 5.57 Å². The Morgan fingerprint density at radius 3 is 2.52 bits per heavy atom. The van der Waals surface area contributed by atoms with Gasteiger partial charge in [-0.05, 0) is 54.5 Å². The number of allylic oxidation sites excluding steroid dienone is 1. The molecule has 1 aliphatic heterocycles. The Morgan fingerprint density at radius 1 is 1.26 bits per heavy atom. The number of piperidine rings is 1. The molecule has 144 valence electrons. The van der Waals surface area contributed by atoms with Crippen LogP contribution >= 0.6 is 0 Å². The summed E-state index contributed by atoms with van der Waals surface area (Å²) in [5.41, 5.74) is 2.41. The zero-order chi connectivity index (χ0) is 19.6. The maximum atomic E-state index is 13.6. The van der Waals surface area contributed by atoms with Crippen molar-refractivity contribution in [3.8, 4) is 0 Å². The van der Waals surface area contributed by atoms with Gasteiger partial charge in [0.1, 0.15) is 5.82 Å². The minimum absolute atomic E-state index is 0.000776. The minimum atomic E-state index is -0.230. The van der Waals surface area contributed by atoms with Gasteiger partial charge in [-0.3, -0.25) is 4.79 Å². The van der Waals surface area contributed by atoms with Crippen molar-refractivity contribution in [2.24, 2.45) is 5.92 Å². The highest BCUT2D eigenvalue weighted by molar-refractivity contribution is 5.95. The largest absolute Gasteiger partial charge is 0.425 e. The Bertz CT molecular complexity index is 849. The van der Waals surface area contributed by atoms with E-state index in [2.05, 4.69) is 10.2 Å². The lowest BCUT2D eigenvalue weighted by molar-refractivity contribution is -0.127. The van der Waals surface area contributed by atoms with Crippen molar-refractivity contribution in [3.05, 3.63) is 53.0 Å². The molecule has 0 atom stereocenters. The lowest BCUT2D eigenvalue weighted by Gasteiger charge is -2.30. The van der Waals surface area contributed by atoms with E-state index in [0.717, 1.165) is 24.0 Å². The van der Waals surface area contributed by atoms with Crippen molar-refractivity contribution in [2.75, 3.05) is 13.1 Å². The second kappa shape index (κ2) is 8.03. The normalized spacial score (nSPS) is 16.2. The van der Waals surface area contributed by atoms with Gasteiger partial charge in [0.2, 0.25) is 17.7 Å². The van der Waals surface area contributed by atoms with Gasteiger partial charge in [-0.25, -0.2) is 4.39 Å². The molecule has 0 unspecified atom stereocenters. The summed E-state index contributed by atoms with van der Waals surface area (Å²) in [4.78, 5) is 14.7. The molecular weight excluding hydrogens is 345 g/mol. The van der Waals surface area contributed by atoms with Gasteiger partial charge in [0.25, 0.3) is 0 Å². The molecule has 6 heteroatoms. The number of carbonyl (C=O) groups excluding carboxylic acids is 1. The molecule has 1 aromatic carbocycles. The average molecular weight is 371 g/mol. The molecule has 1 saturated heterocycles. The van der Waals surface area contributed by atoms with Crippen molar-refractivity contribution < 1.29 is 13.6 Å². The Kier molecular flexibility index (Phi) is 5.73. The quantitative estimate of drug-likeness (QED) is 0.753. The first-order chi connectivity index (χ1) is 12.8. The van der Waals surface area contributed by atoms with Crippen LogP contribution in [-0.2, 0) is 4.79 Å². The molecule has 5 nitrogen and oxygen atoms in total. The first-order valence-corrected chi connectivity index (χ1v) is 9.42. The fourth-order valence-corrected chi connectivity index (χ4v) is 3.46. The molecule has 3 rings (SSSR count). The highest BCUT2D eigenvalue weighted by Crippen LogP contribution is 2.29. The molecule has 1 amide bonds. The Labute approximate surface area is 159 Å². The predicted molar refractivity (Wildman–Crippen MR) is 102 cm³/mol. The van der Waals surface area contributed by atoms with Crippen LogP contribution in [0.15, 0.2) is 28.7 Å². The van der Waals surface area contributed by atoms with Gasteiger partial charge in [0.15, 0.2) is 0 Å². The summed E-state index contributed by atoms with van der Waals surface area (Å²) in [6.45, 7) is 8.93. The van der Waals surface area contributed by atoms with Crippen molar-refractivity contribution in [3.63, 3.8) is 0 Å². The van der Waals surface area contributed by atoms with E-state index in [1.54, 1.807) is 32.1 Å². The number of carbonyl (C=O) groups is 1. The molecular formula is C21H26FN3O2. The molecule has 1 aromatic heterocycles. The summed E-state index contributed by atoms with van der Waals surface area (Å²) >= 11 is 0. The van der Waals surface area contributed by atoms with Gasteiger partial charge in [-0.2, -0.15) is 0 Å². The number of aromatic nitrogens is 2. The predicted octanol–water partition coefficient (Wildman–Crippen LogP) is 4.27. The second-order valence-electron chi connectivity index (χ2n) is 7.48. The summed E-state index contributed by atoms with van der Waals surface area (Å²) in [6, 6.07) is 5.01. The van der Waals surface area contributed by atoms with Crippen LogP contribution in [0.5, 0.6) is 0 Å². The summed E-state index contributed by atoms with van der Waals surface area (Å²) < 4.78 is 19.1. The van der Waals surface area contributed by atoms with Crippen molar-refractivity contribution in [1.82, 2.24) is 15.1 Å². The fourth-order valence-electron chi connectivity index (χ4n) is 3.46. The van der Waals surface area contributed by atoms with E-state index in [1.807, 2.05) is 18.7 Å². The number of nitrogens with zero attached hydrogens (tertiary/aromatic N) is 3. The first-order valence-electron chi connectivity index (χ1n) is 9.42. The van der Waals surface area contributed by atoms with Gasteiger partial charge < -0.3 is 9.32 Å². The third kappa shape index (κ3) is 4.43. The molecule has 27 heavy (non-hydrogen) atoms. The fraction of sp³-hybridized carbons (Fsp3) is 0.476. The van der Waals surface area contributed by atoms with Gasteiger partial charge in [0.05, 0.1) is 0 Å². The van der Waals surface area contributed by atoms with E-state index in [4.69, 9.17) is 4.42 Å². The minimum Gasteiger partial charge on any atom is -0.425 e. The Morgan fingerprint density at radius 2 is 1.96 bits per heavy atom. The van der Waals surface area contributed by atoms with Crippen LogP contribution in [0, 0.1) is 25.6 Å². The van der Waals surface area contributed by atoms with Crippen molar-refractivity contribution >= 4 is 11.5 Å². The molecule has 0 aliphatic carbocycles. The standard InChI is InChI=1S/C21H26FN3O2/c1-13(2)18(17-5-6-19(22)14(3)11-17)12-20(26)25-9-7-16(8-10-25)21-24-23-15(4)27-21/h5-6,11-13,16H,7-10H2,1-4H3/b18-12+. The highest BCUT2D eigenvalue weighted by Gasteiger charge is 2.26. The summed E-state index contributed by atoms with van der Waals surface area (Å²) in [7, 11) is 0. The molecule has 2 aromatic rings. The molecule has 0 radical (unpaired) electrons. The monoisotopic (exact) mass is 371 g/mol. The second-order valence-corrected chi connectivity index (χ2v) is 7.48. The third-order valence-corrected chi connectivity index (χ3v) is 5.09. The van der Waals surface area contributed by atoms with Crippen LogP contribution in [0.4, 0.5) is 4.39 Å². The van der Waals surface area contributed by atoms with E-state index in [-0.39, 0.29) is 23.6 Å². The zero-order valence-electron chi connectivity index (χ0n) is 16.3. The maximum Gasteiger partial charge on any atom is 0.246 e. The Balaban J connectivity index is 1.71. The number of likely N-dealkylation sites (tertiary alicyclic amines) is 1. The van der Waals surface area contributed by atoms with E-state index in [9.17, 15) is 9.18 Å². The van der Waals surface area contributed by atoms with Crippen LogP contribution in [0.2, 0.25) is 0 Å². The highest BCUT2D eigenvalue weighted by atomic mass is 19.1. The lowest BCUT2D eigenvalue weighted by atomic mass is 9.93. The zero-order valence-corrected chi connectivity index (χ0v) is 16.3. The Hall–Kier alpha value is -2.50. The number of hydrogen-bond acceptors (Lipinski definition) is 4. The number of aryl methyl sites for hydroxylation is 2. The molecule has 2 heterocycles. The number of rotatable bonds is 4. The van der Waals surface area contributed by atoms with Crippen molar-refractivity contribution in [2.45, 2.75) is 46.5 Å². The maximum absolute atomic E-state index is 13.6. The molecule has 0 bridgehead atoms. The lowest BCUT2D eigenvalue weighted by Crippen LogP contribution is -2.37. The molecule has 0 saturated carbocycles. The molecule has 0 spiro atoms. The summed E-state index contributed by atoms with van der Waals surface area (Å²) in [5.74, 6) is 1.39. The van der Waals surface area contributed by atoms with Crippen molar-refractivity contribution in [1.29, 1.82) is 0 Å². The van der Waals surface area contributed by atoms with Gasteiger partial charge in [0, 0.05) is 32.0 Å². The number of halogens is 1. The van der Waals surface area contributed by atoms with Gasteiger partial charge in [-0.15, -0.1) is 10.2 Å². The smallest absolute Gasteiger partial charge is 0.246 e. The molecule has 1 aliphatic rings. The van der Waals surface area contributed by atoms with Gasteiger partial charge in [-0.1, -0.05) is 19.9 Å². The molecule has 1 fully saturated rings. The summed E-state index contributed by atoms with van der Waals surface area (Å²) in [6.07, 6.45) is 3.33. The van der Waals surface area contributed by atoms with Crippen LogP contribution < -0.4 is 0 Å². The number of hydrogen-bond donors (Lipinski definition) is 0. The topological polar surface area (TPSA) is 59.2 Å². The first kappa shape index (κ1) is 19.3. The number of benzene rings is 1. The summed E-state index contributed by atoms with van der Waals surface area (Å²) in [5, 5.41) is 7.99. The average Bonchev–Trinajstić information content (AvgIpc) is 3.08. The SMILES string of the molecule is Cc1nnc(C2CCN(C(=O)/C=C(/c3ccc(F)c(C)c3)C(C)C)CC2)o1. The van der Waals surface area contributed by atoms with E-state index in [1.165, 1.54) is 6.07 Å². The third-order valence-electron chi connectivity index (χ3n) is 5.09. The van der Waals surface area contributed by atoms with Crippen LogP contribution in [0.1, 0.15) is 55.5 Å². The van der Waals surface area contributed by atoms with E-state index in [0.29, 0.717) is 30.4 Å². The van der Waals surface area contributed by atoms with Gasteiger partial charge >= 0.3 is 0 Å². The van der Waals surface area contributed by atoms with Crippen LogP contribution in [-0.4, -0.2) is 34.1 Å². The van der Waals surface area contributed by atoms with E-state index < -0.39 is 0 Å². The van der Waals surface area contributed by atoms with Crippen LogP contribution in [0.3, 0.4) is 0 Å². The molecule has 0 N–H and O–H groups in total. The van der Waals surface area contributed by atoms with E-state index >= 15 is 0 Å².